The quantitative estimate of drug-likeness (QED) is 0.671. The third kappa shape index (κ3) is 3.83. The van der Waals surface area contributed by atoms with Crippen LogP contribution in [0.4, 0.5) is 0 Å². The van der Waals surface area contributed by atoms with E-state index in [2.05, 4.69) is 15.7 Å². The first-order valence-electron chi connectivity index (χ1n) is 5.74. The van der Waals surface area contributed by atoms with E-state index in [1.54, 1.807) is 11.3 Å². The Labute approximate surface area is 99.7 Å². The van der Waals surface area contributed by atoms with Crippen LogP contribution >= 0.6 is 11.3 Å². The van der Waals surface area contributed by atoms with Gasteiger partial charge in [0.05, 0.1) is 30.5 Å². The van der Waals surface area contributed by atoms with Gasteiger partial charge in [-0.05, 0) is 12.8 Å². The van der Waals surface area contributed by atoms with Crippen LogP contribution in [0.25, 0.3) is 0 Å². The number of aromatic nitrogens is 1. The molecule has 0 amide bonds. The second kappa shape index (κ2) is 6.30. The SMILES string of the molecule is OCCOCCNCc1csc(C2CC2)n1. The van der Waals surface area contributed by atoms with Crippen molar-refractivity contribution < 1.29 is 9.84 Å². The lowest BCUT2D eigenvalue weighted by atomic mass is 10.4. The van der Waals surface area contributed by atoms with Gasteiger partial charge in [-0.3, -0.25) is 0 Å². The molecule has 1 heterocycles. The van der Waals surface area contributed by atoms with Gasteiger partial charge in [-0.25, -0.2) is 4.98 Å². The predicted octanol–water partition coefficient (Wildman–Crippen LogP) is 1.12. The summed E-state index contributed by atoms with van der Waals surface area (Å²) in [4.78, 5) is 4.58. The smallest absolute Gasteiger partial charge is 0.0959 e. The number of nitrogens with zero attached hydrogens (tertiary/aromatic N) is 1. The number of hydrogen-bond acceptors (Lipinski definition) is 5. The molecule has 0 unspecified atom stereocenters. The van der Waals surface area contributed by atoms with Crippen LogP contribution in [0.1, 0.15) is 29.5 Å². The maximum Gasteiger partial charge on any atom is 0.0959 e. The summed E-state index contributed by atoms with van der Waals surface area (Å²) < 4.78 is 5.14. The molecule has 90 valence electrons. The Morgan fingerprint density at radius 2 is 2.38 bits per heavy atom. The van der Waals surface area contributed by atoms with E-state index in [9.17, 15) is 0 Å². The lowest BCUT2D eigenvalue weighted by Gasteiger charge is -2.03. The highest BCUT2D eigenvalue weighted by Gasteiger charge is 2.26. The monoisotopic (exact) mass is 242 g/mol. The average molecular weight is 242 g/mol. The fourth-order valence-electron chi connectivity index (χ4n) is 1.45. The van der Waals surface area contributed by atoms with Crippen LogP contribution in [0.3, 0.4) is 0 Å². The first-order valence-corrected chi connectivity index (χ1v) is 6.61. The molecular formula is C11H18N2O2S. The van der Waals surface area contributed by atoms with Gasteiger partial charge in [-0.15, -0.1) is 11.3 Å². The second-order valence-corrected chi connectivity index (χ2v) is 4.85. The minimum Gasteiger partial charge on any atom is -0.394 e. The van der Waals surface area contributed by atoms with Crippen molar-refractivity contribution in [1.29, 1.82) is 0 Å². The van der Waals surface area contributed by atoms with E-state index in [1.165, 1.54) is 17.8 Å². The third-order valence-electron chi connectivity index (χ3n) is 2.46. The fraction of sp³-hybridized carbons (Fsp3) is 0.727. The van der Waals surface area contributed by atoms with Crippen molar-refractivity contribution in [2.45, 2.75) is 25.3 Å². The van der Waals surface area contributed by atoms with E-state index >= 15 is 0 Å². The van der Waals surface area contributed by atoms with Crippen molar-refractivity contribution in [2.24, 2.45) is 0 Å². The average Bonchev–Trinajstić information content (AvgIpc) is 3.04. The van der Waals surface area contributed by atoms with E-state index < -0.39 is 0 Å². The Balaban J connectivity index is 1.57. The molecule has 0 spiro atoms. The van der Waals surface area contributed by atoms with E-state index in [1.807, 2.05) is 0 Å². The summed E-state index contributed by atoms with van der Waals surface area (Å²) in [5.74, 6) is 0.756. The summed E-state index contributed by atoms with van der Waals surface area (Å²) in [6, 6.07) is 0. The summed E-state index contributed by atoms with van der Waals surface area (Å²) in [6.45, 7) is 2.77. The standard InChI is InChI=1S/C11H18N2O2S/c14-4-6-15-5-3-12-7-10-8-16-11(13-10)9-1-2-9/h8-9,12,14H,1-7H2. The molecule has 1 aromatic heterocycles. The highest BCUT2D eigenvalue weighted by molar-refractivity contribution is 7.09. The first kappa shape index (κ1) is 12.0. The maximum atomic E-state index is 8.51. The molecule has 5 heteroatoms. The zero-order valence-corrected chi connectivity index (χ0v) is 10.1. The third-order valence-corrected chi connectivity index (χ3v) is 3.52. The largest absolute Gasteiger partial charge is 0.394 e. The number of aliphatic hydroxyl groups is 1. The molecule has 0 bridgehead atoms. The second-order valence-electron chi connectivity index (χ2n) is 3.96. The van der Waals surface area contributed by atoms with Gasteiger partial charge in [-0.1, -0.05) is 0 Å². The number of thiazole rings is 1. The van der Waals surface area contributed by atoms with E-state index in [0.717, 1.165) is 24.7 Å². The minimum atomic E-state index is 0.0941. The Kier molecular flexibility index (Phi) is 4.71. The van der Waals surface area contributed by atoms with Gasteiger partial charge in [0.1, 0.15) is 0 Å². The van der Waals surface area contributed by atoms with Gasteiger partial charge in [0.15, 0.2) is 0 Å². The molecule has 4 nitrogen and oxygen atoms in total. The molecule has 1 aliphatic rings. The number of ether oxygens (including phenoxy) is 1. The van der Waals surface area contributed by atoms with Crippen molar-refractivity contribution in [2.75, 3.05) is 26.4 Å². The number of rotatable bonds is 8. The molecule has 16 heavy (non-hydrogen) atoms. The maximum absolute atomic E-state index is 8.51. The number of aliphatic hydroxyl groups excluding tert-OH is 1. The Morgan fingerprint density at radius 3 is 3.12 bits per heavy atom. The zero-order valence-electron chi connectivity index (χ0n) is 9.32. The van der Waals surface area contributed by atoms with Crippen LogP contribution in [0.5, 0.6) is 0 Å². The molecule has 0 atom stereocenters. The molecule has 0 aliphatic heterocycles. The predicted molar refractivity (Wildman–Crippen MR) is 63.7 cm³/mol. The highest BCUT2D eigenvalue weighted by Crippen LogP contribution is 2.41. The van der Waals surface area contributed by atoms with Gasteiger partial charge in [0.25, 0.3) is 0 Å². The molecular weight excluding hydrogens is 224 g/mol. The molecule has 0 aromatic carbocycles. The molecule has 1 aromatic rings. The lowest BCUT2D eigenvalue weighted by molar-refractivity contribution is 0.0937. The zero-order chi connectivity index (χ0) is 11.2. The van der Waals surface area contributed by atoms with E-state index in [-0.39, 0.29) is 6.61 Å². The lowest BCUT2D eigenvalue weighted by Crippen LogP contribution is -2.20. The Bertz CT molecular complexity index is 313. The number of nitrogens with one attached hydrogen (secondary N) is 1. The van der Waals surface area contributed by atoms with Gasteiger partial charge in [0.2, 0.25) is 0 Å². The molecule has 1 fully saturated rings. The van der Waals surface area contributed by atoms with Crippen LogP contribution < -0.4 is 5.32 Å². The van der Waals surface area contributed by atoms with Crippen LogP contribution in [0, 0.1) is 0 Å². The van der Waals surface area contributed by atoms with Crippen molar-refractivity contribution >= 4 is 11.3 Å². The summed E-state index contributed by atoms with van der Waals surface area (Å²) in [6.07, 6.45) is 2.63. The Morgan fingerprint density at radius 1 is 1.50 bits per heavy atom. The molecule has 2 N–H and O–H groups in total. The van der Waals surface area contributed by atoms with Gasteiger partial charge >= 0.3 is 0 Å². The van der Waals surface area contributed by atoms with E-state index in [0.29, 0.717) is 13.2 Å². The minimum absolute atomic E-state index is 0.0941. The fourth-order valence-corrected chi connectivity index (χ4v) is 2.44. The van der Waals surface area contributed by atoms with Crippen molar-refractivity contribution in [3.8, 4) is 0 Å². The van der Waals surface area contributed by atoms with Crippen LogP contribution in [0.2, 0.25) is 0 Å². The Hall–Kier alpha value is -0.490. The van der Waals surface area contributed by atoms with Gasteiger partial charge < -0.3 is 15.2 Å². The van der Waals surface area contributed by atoms with Crippen LogP contribution in [-0.4, -0.2) is 36.5 Å². The molecule has 0 radical (unpaired) electrons. The molecule has 0 saturated heterocycles. The highest BCUT2D eigenvalue weighted by atomic mass is 32.1. The van der Waals surface area contributed by atoms with Crippen LogP contribution in [0.15, 0.2) is 5.38 Å². The van der Waals surface area contributed by atoms with Gasteiger partial charge in [-0.2, -0.15) is 0 Å². The normalized spacial score (nSPS) is 15.6. The van der Waals surface area contributed by atoms with Gasteiger partial charge in [0, 0.05) is 24.4 Å². The van der Waals surface area contributed by atoms with E-state index in [4.69, 9.17) is 9.84 Å². The summed E-state index contributed by atoms with van der Waals surface area (Å²) >= 11 is 1.78. The topological polar surface area (TPSA) is 54.4 Å². The van der Waals surface area contributed by atoms with Crippen LogP contribution in [-0.2, 0) is 11.3 Å². The summed E-state index contributed by atoms with van der Waals surface area (Å²) in [5, 5.41) is 15.2. The first-order chi connectivity index (χ1) is 7.90. The molecule has 1 aliphatic carbocycles. The molecule has 2 rings (SSSR count). The summed E-state index contributed by atoms with van der Waals surface area (Å²) in [7, 11) is 0. The van der Waals surface area contributed by atoms with Crippen molar-refractivity contribution in [1.82, 2.24) is 10.3 Å². The molecule has 1 saturated carbocycles. The van der Waals surface area contributed by atoms with Crippen molar-refractivity contribution in [3.05, 3.63) is 16.1 Å². The van der Waals surface area contributed by atoms with Crippen molar-refractivity contribution in [3.63, 3.8) is 0 Å². The summed E-state index contributed by atoms with van der Waals surface area (Å²) in [5.41, 5.74) is 1.13. The number of hydrogen-bond donors (Lipinski definition) is 2.